The molecule has 21 heavy (non-hydrogen) atoms. The van der Waals surface area contributed by atoms with Crippen LogP contribution in [0.25, 0.3) is 0 Å². The predicted molar refractivity (Wildman–Crippen MR) is 75.6 cm³/mol. The zero-order chi connectivity index (χ0) is 15.4. The average molecular weight is 312 g/mol. The molecule has 0 aromatic rings. The first-order valence-corrected chi connectivity index (χ1v) is 7.62. The van der Waals surface area contributed by atoms with Crippen molar-refractivity contribution < 1.29 is 24.3 Å². The van der Waals surface area contributed by atoms with Gasteiger partial charge in [0.1, 0.15) is 0 Å². The van der Waals surface area contributed by atoms with Gasteiger partial charge in [-0.1, -0.05) is 23.9 Å². The molecule has 1 heterocycles. The first-order valence-electron chi connectivity index (χ1n) is 6.63. The van der Waals surface area contributed by atoms with Crippen molar-refractivity contribution in [2.45, 2.75) is 12.8 Å². The molecule has 2 unspecified atom stereocenters. The number of carboxylic acids is 1. The van der Waals surface area contributed by atoms with E-state index in [0.29, 0.717) is 12.8 Å². The standard InChI is InChI=1S/C13H16N2O5S/c16-10-7-21-13(20)15(10)6-5-14-11(17)8-3-1-2-4-9(8)12(18)19/h1-2,8-9H,3-7H2,(H,14,17)(H,18,19). The largest absolute Gasteiger partial charge is 0.481 e. The number of carbonyl (C=O) groups excluding carboxylic acids is 3. The third-order valence-electron chi connectivity index (χ3n) is 3.56. The monoisotopic (exact) mass is 312 g/mol. The predicted octanol–water partition coefficient (Wildman–Crippen LogP) is 0.465. The summed E-state index contributed by atoms with van der Waals surface area (Å²) in [7, 11) is 0. The SMILES string of the molecule is O=C(O)C1CC=CCC1C(=O)NCCN1C(=O)CSC1=O. The molecule has 2 aliphatic rings. The van der Waals surface area contributed by atoms with Gasteiger partial charge in [-0.15, -0.1) is 0 Å². The van der Waals surface area contributed by atoms with Crippen molar-refractivity contribution in [1.82, 2.24) is 10.2 Å². The Morgan fingerprint density at radius 3 is 2.52 bits per heavy atom. The zero-order valence-electron chi connectivity index (χ0n) is 11.3. The van der Waals surface area contributed by atoms with Crippen LogP contribution >= 0.6 is 11.8 Å². The van der Waals surface area contributed by atoms with Crippen LogP contribution in [0.5, 0.6) is 0 Å². The molecule has 0 aromatic heterocycles. The van der Waals surface area contributed by atoms with E-state index < -0.39 is 17.8 Å². The minimum absolute atomic E-state index is 0.122. The van der Waals surface area contributed by atoms with Gasteiger partial charge < -0.3 is 10.4 Å². The highest BCUT2D eigenvalue weighted by Crippen LogP contribution is 2.26. The van der Waals surface area contributed by atoms with Crippen molar-refractivity contribution in [2.24, 2.45) is 11.8 Å². The molecule has 2 rings (SSSR count). The lowest BCUT2D eigenvalue weighted by Crippen LogP contribution is -2.42. The molecule has 0 spiro atoms. The second-order valence-electron chi connectivity index (χ2n) is 4.89. The number of nitrogens with one attached hydrogen (secondary N) is 1. The summed E-state index contributed by atoms with van der Waals surface area (Å²) < 4.78 is 0. The molecular weight excluding hydrogens is 296 g/mol. The van der Waals surface area contributed by atoms with E-state index >= 15 is 0 Å². The lowest BCUT2D eigenvalue weighted by molar-refractivity contribution is -0.147. The van der Waals surface area contributed by atoms with E-state index in [4.69, 9.17) is 5.11 Å². The van der Waals surface area contributed by atoms with Crippen LogP contribution in [-0.4, -0.2) is 51.9 Å². The summed E-state index contributed by atoms with van der Waals surface area (Å²) in [6, 6.07) is 0. The van der Waals surface area contributed by atoms with Crippen LogP contribution in [0.3, 0.4) is 0 Å². The Hall–Kier alpha value is -1.83. The smallest absolute Gasteiger partial charge is 0.307 e. The van der Waals surface area contributed by atoms with Gasteiger partial charge in [0.15, 0.2) is 0 Å². The van der Waals surface area contributed by atoms with Gasteiger partial charge in [0.2, 0.25) is 11.8 Å². The number of imide groups is 1. The summed E-state index contributed by atoms with van der Waals surface area (Å²) >= 11 is 0.943. The summed E-state index contributed by atoms with van der Waals surface area (Å²) in [4.78, 5) is 47.0. The van der Waals surface area contributed by atoms with Gasteiger partial charge in [-0.3, -0.25) is 24.1 Å². The minimum Gasteiger partial charge on any atom is -0.481 e. The Morgan fingerprint density at radius 1 is 1.29 bits per heavy atom. The number of rotatable bonds is 5. The molecule has 0 aromatic carbocycles. The van der Waals surface area contributed by atoms with E-state index in [1.54, 1.807) is 12.2 Å². The van der Waals surface area contributed by atoms with E-state index in [9.17, 15) is 19.2 Å². The molecule has 0 bridgehead atoms. The molecular formula is C13H16N2O5S. The van der Waals surface area contributed by atoms with E-state index in [2.05, 4.69) is 5.32 Å². The van der Waals surface area contributed by atoms with Gasteiger partial charge in [0.25, 0.3) is 5.24 Å². The zero-order valence-corrected chi connectivity index (χ0v) is 12.1. The molecule has 1 aliphatic carbocycles. The Balaban J connectivity index is 1.84. The summed E-state index contributed by atoms with van der Waals surface area (Å²) in [5, 5.41) is 11.4. The molecule has 1 aliphatic heterocycles. The highest BCUT2D eigenvalue weighted by atomic mass is 32.2. The topological polar surface area (TPSA) is 104 Å². The van der Waals surface area contributed by atoms with Crippen LogP contribution in [0.4, 0.5) is 4.79 Å². The minimum atomic E-state index is -0.985. The van der Waals surface area contributed by atoms with Gasteiger partial charge in [-0.25, -0.2) is 0 Å². The number of thioether (sulfide) groups is 1. The molecule has 3 amide bonds. The maximum absolute atomic E-state index is 12.0. The van der Waals surface area contributed by atoms with Crippen LogP contribution in [-0.2, 0) is 14.4 Å². The van der Waals surface area contributed by atoms with Crippen LogP contribution < -0.4 is 5.32 Å². The van der Waals surface area contributed by atoms with Gasteiger partial charge in [-0.05, 0) is 12.8 Å². The first kappa shape index (κ1) is 15.6. The van der Waals surface area contributed by atoms with Gasteiger partial charge >= 0.3 is 5.97 Å². The Kier molecular flexibility index (Phi) is 5.00. The molecule has 0 saturated carbocycles. The number of nitrogens with zero attached hydrogens (tertiary/aromatic N) is 1. The fourth-order valence-electron chi connectivity index (χ4n) is 2.40. The van der Waals surface area contributed by atoms with Crippen LogP contribution in [0.15, 0.2) is 12.2 Å². The molecule has 8 heteroatoms. The number of hydrogen-bond donors (Lipinski definition) is 2. The van der Waals surface area contributed by atoms with Crippen molar-refractivity contribution in [3.8, 4) is 0 Å². The quantitative estimate of drug-likeness (QED) is 0.715. The summed E-state index contributed by atoms with van der Waals surface area (Å²) in [5.41, 5.74) is 0. The van der Waals surface area contributed by atoms with Crippen LogP contribution in [0.2, 0.25) is 0 Å². The Labute approximate surface area is 125 Å². The third kappa shape index (κ3) is 3.63. The maximum Gasteiger partial charge on any atom is 0.307 e. The Bertz CT molecular complexity index is 489. The number of amides is 3. The second-order valence-corrected chi connectivity index (χ2v) is 5.81. The van der Waals surface area contributed by atoms with Crippen molar-refractivity contribution in [3.05, 3.63) is 12.2 Å². The van der Waals surface area contributed by atoms with Gasteiger partial charge in [0.05, 0.1) is 17.6 Å². The molecule has 114 valence electrons. The lowest BCUT2D eigenvalue weighted by Gasteiger charge is -2.24. The molecule has 1 saturated heterocycles. The van der Waals surface area contributed by atoms with Gasteiger partial charge in [0, 0.05) is 13.1 Å². The van der Waals surface area contributed by atoms with Gasteiger partial charge in [-0.2, -0.15) is 0 Å². The van der Waals surface area contributed by atoms with E-state index in [0.717, 1.165) is 16.7 Å². The first-order chi connectivity index (χ1) is 10.0. The fraction of sp³-hybridized carbons (Fsp3) is 0.538. The van der Waals surface area contributed by atoms with Crippen molar-refractivity contribution in [1.29, 1.82) is 0 Å². The number of aliphatic carboxylic acids is 1. The number of allylic oxidation sites excluding steroid dienone is 2. The highest BCUT2D eigenvalue weighted by molar-refractivity contribution is 8.14. The summed E-state index contributed by atoms with van der Waals surface area (Å²) in [6.45, 7) is 0.264. The molecule has 2 atom stereocenters. The molecule has 2 N–H and O–H groups in total. The van der Waals surface area contributed by atoms with Crippen LogP contribution in [0.1, 0.15) is 12.8 Å². The van der Waals surface area contributed by atoms with Crippen LogP contribution in [0, 0.1) is 11.8 Å². The number of carbonyl (C=O) groups is 4. The number of carboxylic acid groups (broad SMARTS) is 1. The average Bonchev–Trinajstić information content (AvgIpc) is 2.78. The fourth-order valence-corrected chi connectivity index (χ4v) is 3.15. The summed E-state index contributed by atoms with van der Waals surface area (Å²) in [6.07, 6.45) is 4.29. The van der Waals surface area contributed by atoms with Crippen molar-refractivity contribution in [2.75, 3.05) is 18.8 Å². The summed E-state index contributed by atoms with van der Waals surface area (Å²) in [5.74, 6) is -2.78. The lowest BCUT2D eigenvalue weighted by atomic mass is 9.82. The van der Waals surface area contributed by atoms with E-state index in [1.807, 2.05) is 0 Å². The van der Waals surface area contributed by atoms with E-state index in [1.165, 1.54) is 0 Å². The highest BCUT2D eigenvalue weighted by Gasteiger charge is 2.34. The van der Waals surface area contributed by atoms with Crippen molar-refractivity contribution >= 4 is 34.8 Å². The molecule has 0 radical (unpaired) electrons. The van der Waals surface area contributed by atoms with Crippen molar-refractivity contribution in [3.63, 3.8) is 0 Å². The second kappa shape index (κ2) is 6.75. The Morgan fingerprint density at radius 2 is 1.95 bits per heavy atom. The third-order valence-corrected chi connectivity index (χ3v) is 4.42. The normalized spacial score (nSPS) is 25.2. The molecule has 7 nitrogen and oxygen atoms in total. The maximum atomic E-state index is 12.0. The molecule has 1 fully saturated rings. The number of hydrogen-bond acceptors (Lipinski definition) is 5. The van der Waals surface area contributed by atoms with E-state index in [-0.39, 0.29) is 35.9 Å².